The molecule has 3 heteroatoms. The Labute approximate surface area is 111 Å². The van der Waals surface area contributed by atoms with Gasteiger partial charge < -0.3 is 4.90 Å². The fraction of sp³-hybridized carbons (Fsp3) is 0.400. The average Bonchev–Trinajstić information content (AvgIpc) is 2.85. The molecule has 2 heterocycles. The number of hydrogen-bond acceptors (Lipinski definition) is 3. The monoisotopic (exact) mass is 257 g/mol. The quantitative estimate of drug-likeness (QED) is 0.713. The van der Waals surface area contributed by atoms with Gasteiger partial charge in [-0.05, 0) is 12.5 Å². The van der Waals surface area contributed by atoms with Gasteiger partial charge in [0.1, 0.15) is 0 Å². The summed E-state index contributed by atoms with van der Waals surface area (Å²) in [6, 6.07) is 8.39. The molecule has 92 valence electrons. The van der Waals surface area contributed by atoms with Crippen LogP contribution in [-0.2, 0) is 4.79 Å². The Bertz CT molecular complexity index is 563. The zero-order chi connectivity index (χ0) is 12.1. The average molecular weight is 257 g/mol. The lowest BCUT2D eigenvalue weighted by Crippen LogP contribution is -2.23. The van der Waals surface area contributed by atoms with Crippen molar-refractivity contribution in [3.8, 4) is 0 Å². The number of hydrogen-bond donors (Lipinski definition) is 0. The molecule has 1 atom stereocenters. The maximum atomic E-state index is 12.3. The highest BCUT2D eigenvalue weighted by atomic mass is 32.2. The van der Waals surface area contributed by atoms with Crippen molar-refractivity contribution in [1.82, 2.24) is 4.90 Å². The minimum Gasteiger partial charge on any atom is -0.373 e. The van der Waals surface area contributed by atoms with Gasteiger partial charge in [0.05, 0.1) is 0 Å². The first-order valence-electron chi connectivity index (χ1n) is 6.59. The van der Waals surface area contributed by atoms with Crippen LogP contribution in [0.3, 0.4) is 0 Å². The number of carbonyl (C=O) groups is 1. The molecule has 0 amide bonds. The summed E-state index contributed by atoms with van der Waals surface area (Å²) in [5, 5.41) is 0. The molecule has 2 aliphatic heterocycles. The van der Waals surface area contributed by atoms with E-state index < -0.39 is 0 Å². The zero-order valence-electron chi connectivity index (χ0n) is 10.2. The minimum absolute atomic E-state index is 0.356. The number of ketones is 1. The van der Waals surface area contributed by atoms with Gasteiger partial charge in [-0.15, -0.1) is 11.8 Å². The van der Waals surface area contributed by atoms with Crippen LogP contribution in [0.1, 0.15) is 18.4 Å². The fourth-order valence-corrected chi connectivity index (χ4v) is 4.47. The van der Waals surface area contributed by atoms with Crippen LogP contribution >= 0.6 is 11.8 Å². The van der Waals surface area contributed by atoms with Crippen molar-refractivity contribution in [3.05, 3.63) is 35.5 Å². The van der Waals surface area contributed by atoms with Gasteiger partial charge in [-0.25, -0.2) is 0 Å². The lowest BCUT2D eigenvalue weighted by atomic mass is 10.0. The number of nitrogens with zero attached hydrogens (tertiary/aromatic N) is 1. The molecule has 0 unspecified atom stereocenters. The second kappa shape index (κ2) is 3.89. The maximum absolute atomic E-state index is 12.3. The molecule has 0 saturated carbocycles. The van der Waals surface area contributed by atoms with Crippen molar-refractivity contribution >= 4 is 23.1 Å². The number of thioether (sulfide) groups is 1. The van der Waals surface area contributed by atoms with Gasteiger partial charge in [-0.2, -0.15) is 0 Å². The van der Waals surface area contributed by atoms with E-state index in [2.05, 4.69) is 29.2 Å². The van der Waals surface area contributed by atoms with E-state index in [0.29, 0.717) is 11.7 Å². The molecule has 1 aromatic rings. The zero-order valence-corrected chi connectivity index (χ0v) is 11.0. The van der Waals surface area contributed by atoms with E-state index in [0.717, 1.165) is 37.3 Å². The summed E-state index contributed by atoms with van der Waals surface area (Å²) in [6.07, 6.45) is 1.90. The summed E-state index contributed by atoms with van der Waals surface area (Å²) in [4.78, 5) is 16.1. The minimum atomic E-state index is 0.356. The van der Waals surface area contributed by atoms with Gasteiger partial charge in [0, 0.05) is 52.9 Å². The number of carbonyl (C=O) groups excluding carboxylic acids is 1. The summed E-state index contributed by atoms with van der Waals surface area (Å²) in [7, 11) is 0. The van der Waals surface area contributed by atoms with Crippen molar-refractivity contribution < 1.29 is 4.79 Å². The third kappa shape index (κ3) is 1.40. The first-order chi connectivity index (χ1) is 8.84. The molecular weight excluding hydrogens is 242 g/mol. The third-order valence-electron chi connectivity index (χ3n) is 4.22. The van der Waals surface area contributed by atoms with Crippen molar-refractivity contribution in [3.63, 3.8) is 0 Å². The van der Waals surface area contributed by atoms with E-state index in [4.69, 9.17) is 0 Å². The second-order valence-corrected chi connectivity index (χ2v) is 6.34. The Morgan fingerprint density at radius 1 is 1.22 bits per heavy atom. The predicted molar refractivity (Wildman–Crippen MR) is 73.4 cm³/mol. The van der Waals surface area contributed by atoms with E-state index >= 15 is 0 Å². The van der Waals surface area contributed by atoms with Gasteiger partial charge in [0.2, 0.25) is 0 Å². The molecular formula is C15H15NOS. The van der Waals surface area contributed by atoms with Gasteiger partial charge in [0.15, 0.2) is 5.78 Å². The lowest BCUT2D eigenvalue weighted by Gasteiger charge is -2.25. The first kappa shape index (κ1) is 10.7. The Balaban J connectivity index is 1.97. The summed E-state index contributed by atoms with van der Waals surface area (Å²) in [5.41, 5.74) is 3.56. The molecule has 0 radical (unpaired) electrons. The summed E-state index contributed by atoms with van der Waals surface area (Å²) in [5.74, 6) is 1.98. The smallest absolute Gasteiger partial charge is 0.165 e. The standard InChI is InChI=1S/C15H15NOS/c17-12-9-10-5-6-16-7-8-18-13-4-2-1-3-11(13)14(12)15(10)16/h1-4,10H,5-9H2/t10-/m0/s1. The van der Waals surface area contributed by atoms with Crippen LogP contribution in [0.5, 0.6) is 0 Å². The summed E-state index contributed by atoms with van der Waals surface area (Å²) < 4.78 is 0. The third-order valence-corrected chi connectivity index (χ3v) is 5.27. The number of fused-ring (bicyclic) bond motifs is 2. The van der Waals surface area contributed by atoms with Gasteiger partial charge in [-0.1, -0.05) is 18.2 Å². The highest BCUT2D eigenvalue weighted by Gasteiger charge is 2.41. The molecule has 4 rings (SSSR count). The number of allylic oxidation sites excluding steroid dienone is 2. The Morgan fingerprint density at radius 2 is 2.11 bits per heavy atom. The van der Waals surface area contributed by atoms with Crippen LogP contribution in [0.2, 0.25) is 0 Å². The molecule has 0 N–H and O–H groups in total. The Hall–Kier alpha value is -1.22. The maximum Gasteiger partial charge on any atom is 0.165 e. The topological polar surface area (TPSA) is 20.3 Å². The molecule has 2 nitrogen and oxygen atoms in total. The summed E-state index contributed by atoms with van der Waals surface area (Å²) in [6.45, 7) is 2.22. The molecule has 18 heavy (non-hydrogen) atoms. The Kier molecular flexibility index (Phi) is 2.31. The van der Waals surface area contributed by atoms with Gasteiger partial charge >= 0.3 is 0 Å². The van der Waals surface area contributed by atoms with E-state index in [-0.39, 0.29) is 0 Å². The van der Waals surface area contributed by atoms with Crippen LogP contribution < -0.4 is 0 Å². The molecule has 1 aliphatic carbocycles. The van der Waals surface area contributed by atoms with Gasteiger partial charge in [-0.3, -0.25) is 4.79 Å². The van der Waals surface area contributed by atoms with E-state index in [9.17, 15) is 4.79 Å². The molecule has 0 bridgehead atoms. The Morgan fingerprint density at radius 3 is 3.06 bits per heavy atom. The number of rotatable bonds is 0. The van der Waals surface area contributed by atoms with E-state index in [1.54, 1.807) is 0 Å². The van der Waals surface area contributed by atoms with Crippen molar-refractivity contribution in [2.24, 2.45) is 5.92 Å². The fourth-order valence-electron chi connectivity index (χ4n) is 3.44. The predicted octanol–water partition coefficient (Wildman–Crippen LogP) is 2.80. The van der Waals surface area contributed by atoms with Crippen molar-refractivity contribution in [2.75, 3.05) is 18.8 Å². The van der Waals surface area contributed by atoms with Gasteiger partial charge in [0.25, 0.3) is 0 Å². The molecule has 1 fully saturated rings. The van der Waals surface area contributed by atoms with Crippen LogP contribution in [0.4, 0.5) is 0 Å². The lowest BCUT2D eigenvalue weighted by molar-refractivity contribution is -0.113. The van der Waals surface area contributed by atoms with Crippen LogP contribution in [0.15, 0.2) is 34.9 Å². The number of Topliss-reactive ketones (excluding diaryl/α,β-unsaturated/α-hetero) is 1. The van der Waals surface area contributed by atoms with Crippen molar-refractivity contribution in [2.45, 2.75) is 17.7 Å². The highest BCUT2D eigenvalue weighted by Crippen LogP contribution is 2.46. The molecule has 0 aromatic heterocycles. The van der Waals surface area contributed by atoms with Crippen LogP contribution in [0.25, 0.3) is 5.57 Å². The summed E-state index contributed by atoms with van der Waals surface area (Å²) >= 11 is 1.88. The highest BCUT2D eigenvalue weighted by molar-refractivity contribution is 7.99. The molecule has 0 spiro atoms. The van der Waals surface area contributed by atoms with E-state index in [1.165, 1.54) is 16.2 Å². The largest absolute Gasteiger partial charge is 0.373 e. The molecule has 1 saturated heterocycles. The second-order valence-electron chi connectivity index (χ2n) is 5.20. The molecule has 1 aromatic carbocycles. The van der Waals surface area contributed by atoms with E-state index in [1.807, 2.05) is 11.8 Å². The number of benzene rings is 1. The SMILES string of the molecule is O=C1C[C@@H]2CCN3CCSc4ccccc4C1=C23. The normalized spacial score (nSPS) is 25.9. The van der Waals surface area contributed by atoms with Crippen LogP contribution in [-0.4, -0.2) is 29.5 Å². The molecule has 3 aliphatic rings. The van der Waals surface area contributed by atoms with Crippen LogP contribution in [0, 0.1) is 5.92 Å². The first-order valence-corrected chi connectivity index (χ1v) is 7.57. The van der Waals surface area contributed by atoms with Crippen molar-refractivity contribution in [1.29, 1.82) is 0 Å².